The molecule has 0 fully saturated rings. The van der Waals surface area contributed by atoms with Crippen molar-refractivity contribution in [3.8, 4) is 0 Å². The van der Waals surface area contributed by atoms with Crippen LogP contribution in [0, 0.1) is 0 Å². The van der Waals surface area contributed by atoms with Crippen molar-refractivity contribution < 1.29 is 0 Å². The Morgan fingerprint density at radius 3 is 2.67 bits per heavy atom. The van der Waals surface area contributed by atoms with Gasteiger partial charge in [0.25, 0.3) is 0 Å². The summed E-state index contributed by atoms with van der Waals surface area (Å²) < 4.78 is 1.86. The summed E-state index contributed by atoms with van der Waals surface area (Å²) in [6, 6.07) is 11.0. The highest BCUT2D eigenvalue weighted by Gasteiger charge is 2.11. The average molecular weight is 243 g/mol. The number of nitrogens with one attached hydrogen (secondary N) is 1. The van der Waals surface area contributed by atoms with E-state index in [-0.39, 0.29) is 0 Å². The van der Waals surface area contributed by atoms with Crippen LogP contribution in [0.4, 0.5) is 0 Å². The van der Waals surface area contributed by atoms with Gasteiger partial charge >= 0.3 is 0 Å². The van der Waals surface area contributed by atoms with Crippen molar-refractivity contribution in [2.75, 3.05) is 6.54 Å². The topological polar surface area (TPSA) is 29.9 Å². The van der Waals surface area contributed by atoms with Crippen molar-refractivity contribution in [3.05, 3.63) is 53.9 Å². The van der Waals surface area contributed by atoms with E-state index in [2.05, 4.69) is 53.9 Å². The Labute approximate surface area is 109 Å². The lowest BCUT2D eigenvalue weighted by molar-refractivity contribution is 0.515. The first kappa shape index (κ1) is 12.8. The Bertz CT molecular complexity index is 462. The van der Waals surface area contributed by atoms with Crippen molar-refractivity contribution in [2.24, 2.45) is 7.05 Å². The molecule has 2 aromatic rings. The van der Waals surface area contributed by atoms with E-state index in [1.165, 1.54) is 11.1 Å². The van der Waals surface area contributed by atoms with Crippen molar-refractivity contribution in [1.29, 1.82) is 0 Å². The van der Waals surface area contributed by atoms with Crippen molar-refractivity contribution in [3.63, 3.8) is 0 Å². The van der Waals surface area contributed by atoms with Crippen molar-refractivity contribution in [1.82, 2.24) is 15.1 Å². The van der Waals surface area contributed by atoms with E-state index in [9.17, 15) is 0 Å². The number of aryl methyl sites for hydroxylation is 2. The highest BCUT2D eigenvalue weighted by molar-refractivity contribution is 5.16. The van der Waals surface area contributed by atoms with Gasteiger partial charge in [-0.1, -0.05) is 37.3 Å². The molecule has 0 aliphatic carbocycles. The largest absolute Gasteiger partial charge is 0.310 e. The number of hydrogen-bond acceptors (Lipinski definition) is 2. The van der Waals surface area contributed by atoms with E-state index < -0.39 is 0 Å². The molecule has 1 atom stereocenters. The Balaban J connectivity index is 1.98. The van der Waals surface area contributed by atoms with E-state index in [0.29, 0.717) is 6.04 Å². The van der Waals surface area contributed by atoms with Crippen LogP contribution in [0.5, 0.6) is 0 Å². The molecule has 1 aromatic carbocycles. The minimum absolute atomic E-state index is 0.393. The normalized spacial score (nSPS) is 12.6. The first-order valence-electron chi connectivity index (χ1n) is 6.55. The molecular formula is C15H21N3. The summed E-state index contributed by atoms with van der Waals surface area (Å²) in [7, 11) is 1.96. The predicted octanol–water partition coefficient (Wildman–Crippen LogP) is 2.70. The number of hydrogen-bond donors (Lipinski definition) is 1. The van der Waals surface area contributed by atoms with Gasteiger partial charge in [-0.15, -0.1) is 0 Å². The van der Waals surface area contributed by atoms with Gasteiger partial charge in [-0.2, -0.15) is 5.10 Å². The second-order valence-electron chi connectivity index (χ2n) is 4.58. The molecule has 96 valence electrons. The molecule has 1 heterocycles. The minimum atomic E-state index is 0.393. The fraction of sp³-hybridized carbons (Fsp3) is 0.400. The second kappa shape index (κ2) is 6.36. The zero-order valence-electron chi connectivity index (χ0n) is 11.1. The molecule has 1 aromatic heterocycles. The van der Waals surface area contributed by atoms with Crippen molar-refractivity contribution in [2.45, 2.75) is 25.8 Å². The maximum absolute atomic E-state index is 4.25. The summed E-state index contributed by atoms with van der Waals surface area (Å²) in [6.07, 6.45) is 6.24. The maximum atomic E-state index is 4.25. The highest BCUT2D eigenvalue weighted by Crippen LogP contribution is 2.18. The van der Waals surface area contributed by atoms with E-state index >= 15 is 0 Å². The SMILES string of the molecule is CCNC(CCc1ccccc1)c1cnn(C)c1. The zero-order chi connectivity index (χ0) is 12.8. The average Bonchev–Trinajstić information content (AvgIpc) is 2.82. The van der Waals surface area contributed by atoms with Gasteiger partial charge in [0.1, 0.15) is 0 Å². The number of benzene rings is 1. The van der Waals surface area contributed by atoms with E-state index in [1.54, 1.807) is 0 Å². The molecule has 18 heavy (non-hydrogen) atoms. The fourth-order valence-electron chi connectivity index (χ4n) is 2.21. The first-order chi connectivity index (χ1) is 8.79. The Morgan fingerprint density at radius 1 is 1.28 bits per heavy atom. The summed E-state index contributed by atoms with van der Waals surface area (Å²) in [6.45, 7) is 3.13. The van der Waals surface area contributed by atoms with Crippen LogP contribution >= 0.6 is 0 Å². The Morgan fingerprint density at radius 2 is 2.06 bits per heavy atom. The molecule has 0 saturated heterocycles. The highest BCUT2D eigenvalue weighted by atomic mass is 15.2. The summed E-state index contributed by atoms with van der Waals surface area (Å²) in [5.41, 5.74) is 2.67. The van der Waals surface area contributed by atoms with Gasteiger partial charge in [-0.05, 0) is 24.9 Å². The van der Waals surface area contributed by atoms with Crippen LogP contribution in [0.2, 0.25) is 0 Å². The molecule has 2 rings (SSSR count). The summed E-state index contributed by atoms with van der Waals surface area (Å²) in [5.74, 6) is 0. The smallest absolute Gasteiger partial charge is 0.0537 e. The van der Waals surface area contributed by atoms with Gasteiger partial charge in [0.15, 0.2) is 0 Å². The summed E-state index contributed by atoms with van der Waals surface area (Å²) in [5, 5.41) is 7.78. The minimum Gasteiger partial charge on any atom is -0.310 e. The lowest BCUT2D eigenvalue weighted by Crippen LogP contribution is -2.21. The van der Waals surface area contributed by atoms with Crippen LogP contribution in [0.1, 0.15) is 30.5 Å². The summed E-state index contributed by atoms with van der Waals surface area (Å²) in [4.78, 5) is 0. The quantitative estimate of drug-likeness (QED) is 0.845. The van der Waals surface area contributed by atoms with Gasteiger partial charge < -0.3 is 5.32 Å². The lowest BCUT2D eigenvalue weighted by Gasteiger charge is -2.16. The number of nitrogens with zero attached hydrogens (tertiary/aromatic N) is 2. The maximum Gasteiger partial charge on any atom is 0.0537 e. The monoisotopic (exact) mass is 243 g/mol. The summed E-state index contributed by atoms with van der Waals surface area (Å²) >= 11 is 0. The van der Waals surface area contributed by atoms with Crippen LogP contribution in [0.25, 0.3) is 0 Å². The Hall–Kier alpha value is -1.61. The standard InChI is InChI=1S/C15H21N3/c1-3-16-15(14-11-17-18(2)12-14)10-9-13-7-5-4-6-8-13/h4-8,11-12,15-16H,3,9-10H2,1-2H3. The van der Waals surface area contributed by atoms with E-state index in [0.717, 1.165) is 19.4 Å². The Kier molecular flexibility index (Phi) is 4.53. The zero-order valence-corrected chi connectivity index (χ0v) is 11.1. The van der Waals surface area contributed by atoms with Gasteiger partial charge in [0.2, 0.25) is 0 Å². The van der Waals surface area contributed by atoms with Crippen LogP contribution in [-0.4, -0.2) is 16.3 Å². The lowest BCUT2D eigenvalue weighted by atomic mass is 10.0. The van der Waals surface area contributed by atoms with Crippen LogP contribution in [-0.2, 0) is 13.5 Å². The molecule has 1 N–H and O–H groups in total. The predicted molar refractivity (Wildman–Crippen MR) is 74.4 cm³/mol. The third kappa shape index (κ3) is 3.44. The molecule has 0 bridgehead atoms. The third-order valence-corrected chi connectivity index (χ3v) is 3.14. The molecule has 3 nitrogen and oxygen atoms in total. The number of aromatic nitrogens is 2. The van der Waals surface area contributed by atoms with Gasteiger partial charge in [0, 0.05) is 24.8 Å². The first-order valence-corrected chi connectivity index (χ1v) is 6.55. The molecule has 0 amide bonds. The third-order valence-electron chi connectivity index (χ3n) is 3.14. The molecule has 1 unspecified atom stereocenters. The second-order valence-corrected chi connectivity index (χ2v) is 4.58. The molecule has 3 heteroatoms. The van der Waals surface area contributed by atoms with Crippen LogP contribution < -0.4 is 5.32 Å². The molecular weight excluding hydrogens is 222 g/mol. The van der Waals surface area contributed by atoms with Gasteiger partial charge in [-0.3, -0.25) is 4.68 Å². The molecule has 0 saturated carbocycles. The molecule has 0 aliphatic heterocycles. The molecule has 0 aliphatic rings. The van der Waals surface area contributed by atoms with Crippen molar-refractivity contribution >= 4 is 0 Å². The number of rotatable bonds is 6. The molecule has 0 radical (unpaired) electrons. The van der Waals surface area contributed by atoms with E-state index in [4.69, 9.17) is 0 Å². The molecule has 0 spiro atoms. The van der Waals surface area contributed by atoms with Gasteiger partial charge in [0.05, 0.1) is 6.20 Å². The van der Waals surface area contributed by atoms with Crippen LogP contribution in [0.15, 0.2) is 42.7 Å². The van der Waals surface area contributed by atoms with E-state index in [1.807, 2.05) is 17.9 Å². The van der Waals surface area contributed by atoms with Crippen LogP contribution in [0.3, 0.4) is 0 Å². The van der Waals surface area contributed by atoms with Gasteiger partial charge in [-0.25, -0.2) is 0 Å². The fourth-order valence-corrected chi connectivity index (χ4v) is 2.21.